The van der Waals surface area contributed by atoms with Gasteiger partial charge in [-0.05, 0) is 32.9 Å². The quantitative estimate of drug-likeness (QED) is 0.647. The Hall–Kier alpha value is -2.58. The number of carbonyl (C=O) groups is 1. The Kier molecular flexibility index (Phi) is 5.47. The maximum atomic E-state index is 13.0. The standard InChI is InChI=1S/C21H24N4O3S/c1-5-17-19(12(2)24-28-17)16-8-6-7-15(23-16)18-11-25(9-10-27-18)21(26)20-13(3)22-14(4)29-20/h6-8,18H,5,9-11H2,1-4H3/t18-/m1/s1. The van der Waals surface area contributed by atoms with Gasteiger partial charge in [0.25, 0.3) is 5.91 Å². The van der Waals surface area contributed by atoms with Crippen LogP contribution in [-0.2, 0) is 11.2 Å². The number of morpholine rings is 1. The van der Waals surface area contributed by atoms with Crippen molar-refractivity contribution in [3.05, 3.63) is 50.9 Å². The van der Waals surface area contributed by atoms with E-state index in [1.165, 1.54) is 11.3 Å². The van der Waals surface area contributed by atoms with Gasteiger partial charge in [0.2, 0.25) is 0 Å². The number of aryl methyl sites for hydroxylation is 4. The lowest BCUT2D eigenvalue weighted by molar-refractivity contribution is -0.0245. The molecule has 7 nitrogen and oxygen atoms in total. The SMILES string of the molecule is CCc1onc(C)c1-c1cccc([C@H]2CN(C(=O)c3sc(C)nc3C)CCO2)n1. The first-order valence-electron chi connectivity index (χ1n) is 9.75. The van der Waals surface area contributed by atoms with Gasteiger partial charge in [-0.15, -0.1) is 11.3 Å². The summed E-state index contributed by atoms with van der Waals surface area (Å²) in [4.78, 5) is 24.7. The second kappa shape index (κ2) is 8.04. The fraction of sp³-hybridized carbons (Fsp3) is 0.429. The maximum Gasteiger partial charge on any atom is 0.266 e. The average molecular weight is 413 g/mol. The molecule has 0 N–H and O–H groups in total. The van der Waals surface area contributed by atoms with E-state index in [-0.39, 0.29) is 12.0 Å². The Morgan fingerprint density at radius 1 is 1.24 bits per heavy atom. The van der Waals surface area contributed by atoms with E-state index in [4.69, 9.17) is 14.2 Å². The molecule has 4 heterocycles. The number of hydrogen-bond acceptors (Lipinski definition) is 7. The van der Waals surface area contributed by atoms with E-state index < -0.39 is 0 Å². The van der Waals surface area contributed by atoms with Crippen molar-refractivity contribution in [2.45, 2.75) is 40.2 Å². The third-order valence-electron chi connectivity index (χ3n) is 5.06. The molecular weight excluding hydrogens is 388 g/mol. The molecule has 29 heavy (non-hydrogen) atoms. The van der Waals surface area contributed by atoms with Gasteiger partial charge < -0.3 is 14.2 Å². The Bertz CT molecular complexity index is 1040. The van der Waals surface area contributed by atoms with Crippen LogP contribution in [0.15, 0.2) is 22.7 Å². The topological polar surface area (TPSA) is 81.4 Å². The van der Waals surface area contributed by atoms with E-state index in [1.54, 1.807) is 0 Å². The lowest BCUT2D eigenvalue weighted by Crippen LogP contribution is -2.42. The van der Waals surface area contributed by atoms with Crippen molar-refractivity contribution in [2.24, 2.45) is 0 Å². The lowest BCUT2D eigenvalue weighted by Gasteiger charge is -2.32. The number of aromatic nitrogens is 3. The van der Waals surface area contributed by atoms with Crippen LogP contribution in [-0.4, -0.2) is 45.6 Å². The number of nitrogens with zero attached hydrogens (tertiary/aromatic N) is 4. The highest BCUT2D eigenvalue weighted by Gasteiger charge is 2.29. The molecule has 152 valence electrons. The molecule has 0 radical (unpaired) electrons. The zero-order valence-corrected chi connectivity index (χ0v) is 17.9. The monoisotopic (exact) mass is 412 g/mol. The van der Waals surface area contributed by atoms with E-state index >= 15 is 0 Å². The van der Waals surface area contributed by atoms with Gasteiger partial charge in [-0.2, -0.15) is 0 Å². The van der Waals surface area contributed by atoms with Crippen LogP contribution in [0.5, 0.6) is 0 Å². The molecule has 1 saturated heterocycles. The molecule has 1 atom stereocenters. The van der Waals surface area contributed by atoms with E-state index in [0.29, 0.717) is 24.6 Å². The normalized spacial score (nSPS) is 17.0. The van der Waals surface area contributed by atoms with Gasteiger partial charge in [-0.1, -0.05) is 18.1 Å². The van der Waals surface area contributed by atoms with Crippen LogP contribution >= 0.6 is 11.3 Å². The van der Waals surface area contributed by atoms with Crippen molar-refractivity contribution in [2.75, 3.05) is 19.7 Å². The molecule has 0 aromatic carbocycles. The first kappa shape index (κ1) is 19.7. The molecule has 0 saturated carbocycles. The summed E-state index contributed by atoms with van der Waals surface area (Å²) < 4.78 is 11.4. The smallest absolute Gasteiger partial charge is 0.266 e. The number of amides is 1. The second-order valence-electron chi connectivity index (χ2n) is 7.13. The molecule has 8 heteroatoms. The first-order valence-corrected chi connectivity index (χ1v) is 10.6. The molecule has 1 aliphatic rings. The molecular formula is C21H24N4O3S. The largest absolute Gasteiger partial charge is 0.368 e. The summed E-state index contributed by atoms with van der Waals surface area (Å²) in [6, 6.07) is 5.86. The Morgan fingerprint density at radius 2 is 2.07 bits per heavy atom. The molecule has 3 aromatic rings. The Labute approximate surface area is 173 Å². The predicted molar refractivity (Wildman–Crippen MR) is 110 cm³/mol. The molecule has 1 amide bonds. The van der Waals surface area contributed by atoms with E-state index in [0.717, 1.165) is 45.5 Å². The Balaban J connectivity index is 1.58. The summed E-state index contributed by atoms with van der Waals surface area (Å²) in [6.45, 7) is 9.26. The summed E-state index contributed by atoms with van der Waals surface area (Å²) in [5.41, 5.74) is 4.17. The first-order chi connectivity index (χ1) is 14.0. The van der Waals surface area contributed by atoms with Gasteiger partial charge >= 0.3 is 0 Å². The zero-order chi connectivity index (χ0) is 20.5. The van der Waals surface area contributed by atoms with Crippen LogP contribution in [0.25, 0.3) is 11.3 Å². The molecule has 1 aliphatic heterocycles. The van der Waals surface area contributed by atoms with Crippen LogP contribution < -0.4 is 0 Å². The van der Waals surface area contributed by atoms with Gasteiger partial charge in [-0.25, -0.2) is 9.97 Å². The third-order valence-corrected chi connectivity index (χ3v) is 6.12. The average Bonchev–Trinajstić information content (AvgIpc) is 3.28. The van der Waals surface area contributed by atoms with Crippen LogP contribution in [0.2, 0.25) is 0 Å². The number of ether oxygens (including phenoxy) is 1. The van der Waals surface area contributed by atoms with Gasteiger partial charge in [-0.3, -0.25) is 4.79 Å². The molecule has 0 unspecified atom stereocenters. The molecule has 0 spiro atoms. The van der Waals surface area contributed by atoms with Gasteiger partial charge in [0.1, 0.15) is 16.7 Å². The number of hydrogen-bond donors (Lipinski definition) is 0. The van der Waals surface area contributed by atoms with Crippen molar-refractivity contribution in [3.63, 3.8) is 0 Å². The minimum absolute atomic E-state index is 0.0145. The van der Waals surface area contributed by atoms with Crippen LogP contribution in [0.3, 0.4) is 0 Å². The predicted octanol–water partition coefficient (Wildman–Crippen LogP) is 3.89. The minimum atomic E-state index is -0.271. The highest BCUT2D eigenvalue weighted by Crippen LogP contribution is 2.29. The summed E-state index contributed by atoms with van der Waals surface area (Å²) >= 11 is 1.44. The fourth-order valence-corrected chi connectivity index (χ4v) is 4.53. The fourth-order valence-electron chi connectivity index (χ4n) is 3.64. The molecule has 4 rings (SSSR count). The molecule has 0 bridgehead atoms. The number of carbonyl (C=O) groups excluding carboxylic acids is 1. The van der Waals surface area contributed by atoms with E-state index in [1.807, 2.05) is 50.8 Å². The highest BCUT2D eigenvalue weighted by molar-refractivity contribution is 7.13. The number of rotatable bonds is 4. The van der Waals surface area contributed by atoms with Crippen molar-refractivity contribution >= 4 is 17.2 Å². The van der Waals surface area contributed by atoms with Crippen molar-refractivity contribution < 1.29 is 14.1 Å². The van der Waals surface area contributed by atoms with Gasteiger partial charge in [0.05, 0.1) is 46.5 Å². The van der Waals surface area contributed by atoms with Crippen molar-refractivity contribution in [1.82, 2.24) is 20.0 Å². The maximum absolute atomic E-state index is 13.0. The van der Waals surface area contributed by atoms with E-state index in [9.17, 15) is 4.79 Å². The number of thiazole rings is 1. The highest BCUT2D eigenvalue weighted by atomic mass is 32.1. The van der Waals surface area contributed by atoms with Crippen molar-refractivity contribution in [1.29, 1.82) is 0 Å². The lowest BCUT2D eigenvalue weighted by atomic mass is 10.1. The van der Waals surface area contributed by atoms with Gasteiger partial charge in [0, 0.05) is 13.0 Å². The summed E-state index contributed by atoms with van der Waals surface area (Å²) in [5.74, 6) is 0.838. The third kappa shape index (κ3) is 3.82. The number of pyridine rings is 1. The van der Waals surface area contributed by atoms with Crippen LogP contribution in [0, 0.1) is 20.8 Å². The zero-order valence-electron chi connectivity index (χ0n) is 17.1. The van der Waals surface area contributed by atoms with Gasteiger partial charge in [0.15, 0.2) is 0 Å². The second-order valence-corrected chi connectivity index (χ2v) is 8.33. The van der Waals surface area contributed by atoms with E-state index in [2.05, 4.69) is 10.1 Å². The molecule has 1 fully saturated rings. The Morgan fingerprint density at radius 3 is 2.79 bits per heavy atom. The van der Waals surface area contributed by atoms with Crippen molar-refractivity contribution in [3.8, 4) is 11.3 Å². The summed E-state index contributed by atoms with van der Waals surface area (Å²) in [5, 5.41) is 4.98. The minimum Gasteiger partial charge on any atom is -0.368 e. The van der Waals surface area contributed by atoms with Crippen LogP contribution in [0.4, 0.5) is 0 Å². The molecule has 3 aromatic heterocycles. The summed E-state index contributed by atoms with van der Waals surface area (Å²) in [7, 11) is 0. The van der Waals surface area contributed by atoms with Crippen LogP contribution in [0.1, 0.15) is 50.5 Å². The molecule has 0 aliphatic carbocycles. The summed E-state index contributed by atoms with van der Waals surface area (Å²) in [6.07, 6.45) is 0.477.